The Morgan fingerprint density at radius 1 is 0.867 bits per heavy atom. The van der Waals surface area contributed by atoms with E-state index in [4.69, 9.17) is 0 Å². The molecule has 0 rings (SSSR count). The SMILES string of the molecule is CCCCOC(=O)C(=O)OCCCC.[SnH2]. The third kappa shape index (κ3) is 10.0. The molecule has 0 unspecified atom stereocenters. The van der Waals surface area contributed by atoms with Crippen LogP contribution in [0.25, 0.3) is 0 Å². The third-order valence-corrected chi connectivity index (χ3v) is 1.63. The standard InChI is InChI=1S/C10H18O4.Sn.2H/c1-3-5-7-13-9(11)10(12)14-8-6-4-2;;;/h3-8H2,1-2H3;;;. The zero-order chi connectivity index (χ0) is 10.8. The second-order valence-electron chi connectivity index (χ2n) is 2.98. The van der Waals surface area contributed by atoms with Gasteiger partial charge >= 0.3 is 35.8 Å². The number of unbranched alkanes of at least 4 members (excludes halogenated alkanes) is 2. The minimum absolute atomic E-state index is 0. The number of esters is 2. The minimum atomic E-state index is -0.880. The van der Waals surface area contributed by atoms with E-state index >= 15 is 0 Å². The Labute approximate surface area is 108 Å². The molecule has 0 saturated carbocycles. The van der Waals surface area contributed by atoms with E-state index in [1.165, 1.54) is 0 Å². The molecule has 5 heteroatoms. The fourth-order valence-corrected chi connectivity index (χ4v) is 0.736. The average molecular weight is 323 g/mol. The van der Waals surface area contributed by atoms with Crippen molar-refractivity contribution in [3.05, 3.63) is 0 Å². The van der Waals surface area contributed by atoms with Crippen LogP contribution in [0.5, 0.6) is 0 Å². The van der Waals surface area contributed by atoms with Crippen molar-refractivity contribution in [2.45, 2.75) is 39.5 Å². The van der Waals surface area contributed by atoms with Crippen LogP contribution < -0.4 is 0 Å². The summed E-state index contributed by atoms with van der Waals surface area (Å²) >= 11 is 0. The molecule has 0 saturated heterocycles. The molecule has 0 atom stereocenters. The van der Waals surface area contributed by atoms with Crippen molar-refractivity contribution in [1.29, 1.82) is 0 Å². The summed E-state index contributed by atoms with van der Waals surface area (Å²) in [6.07, 6.45) is 3.40. The van der Waals surface area contributed by atoms with E-state index in [1.807, 2.05) is 13.8 Å². The van der Waals surface area contributed by atoms with Gasteiger partial charge in [0, 0.05) is 0 Å². The molecule has 0 aromatic carbocycles. The first kappa shape index (κ1) is 17.1. The van der Waals surface area contributed by atoms with Crippen molar-refractivity contribution < 1.29 is 19.1 Å². The van der Waals surface area contributed by atoms with Crippen LogP contribution >= 0.6 is 0 Å². The molecule has 0 aromatic rings. The van der Waals surface area contributed by atoms with Gasteiger partial charge < -0.3 is 9.47 Å². The number of hydrogen-bond donors (Lipinski definition) is 0. The molecule has 0 heterocycles. The number of hydrogen-bond acceptors (Lipinski definition) is 4. The molecule has 0 N–H and O–H groups in total. The first-order chi connectivity index (χ1) is 6.72. The van der Waals surface area contributed by atoms with Gasteiger partial charge in [0.1, 0.15) is 0 Å². The molecule has 0 bridgehead atoms. The number of ether oxygens (including phenoxy) is 2. The average Bonchev–Trinajstić information content (AvgIpc) is 2.18. The molecule has 4 nitrogen and oxygen atoms in total. The fourth-order valence-electron chi connectivity index (χ4n) is 0.736. The summed E-state index contributed by atoms with van der Waals surface area (Å²) in [5.41, 5.74) is 0. The summed E-state index contributed by atoms with van der Waals surface area (Å²) in [7, 11) is 0. The summed E-state index contributed by atoms with van der Waals surface area (Å²) in [6, 6.07) is 0. The van der Waals surface area contributed by atoms with Crippen LogP contribution in [0, 0.1) is 0 Å². The molecule has 88 valence electrons. The van der Waals surface area contributed by atoms with E-state index in [9.17, 15) is 9.59 Å². The number of carbonyl (C=O) groups excluding carboxylic acids is 2. The van der Waals surface area contributed by atoms with E-state index in [1.54, 1.807) is 0 Å². The molecule has 0 fully saturated rings. The zero-order valence-electron chi connectivity index (χ0n) is 9.58. The van der Waals surface area contributed by atoms with Gasteiger partial charge in [-0.3, -0.25) is 0 Å². The molecule has 0 aliphatic heterocycles. The van der Waals surface area contributed by atoms with Gasteiger partial charge in [0.2, 0.25) is 0 Å². The van der Waals surface area contributed by atoms with Crippen LogP contribution in [-0.4, -0.2) is 49.1 Å². The van der Waals surface area contributed by atoms with E-state index < -0.39 is 11.9 Å². The Bertz CT molecular complexity index is 162. The summed E-state index contributed by atoms with van der Waals surface area (Å²) in [5.74, 6) is -1.76. The summed E-state index contributed by atoms with van der Waals surface area (Å²) in [5, 5.41) is 0. The van der Waals surface area contributed by atoms with Crippen LogP contribution in [0.2, 0.25) is 0 Å². The molecule has 0 spiro atoms. The quantitative estimate of drug-likeness (QED) is 0.313. The summed E-state index contributed by atoms with van der Waals surface area (Å²) in [6.45, 7) is 4.54. The van der Waals surface area contributed by atoms with Crippen molar-refractivity contribution in [2.75, 3.05) is 13.2 Å². The van der Waals surface area contributed by atoms with Gasteiger partial charge in [-0.2, -0.15) is 0 Å². The number of rotatable bonds is 6. The van der Waals surface area contributed by atoms with Crippen molar-refractivity contribution in [3.8, 4) is 0 Å². The molecule has 0 aliphatic carbocycles. The Morgan fingerprint density at radius 2 is 1.20 bits per heavy atom. The molecule has 2 radical (unpaired) electrons. The second kappa shape index (κ2) is 11.8. The van der Waals surface area contributed by atoms with Gasteiger partial charge in [0.25, 0.3) is 0 Å². The molecular formula is C10H20O4Sn. The van der Waals surface area contributed by atoms with E-state index in [2.05, 4.69) is 9.47 Å². The predicted octanol–water partition coefficient (Wildman–Crippen LogP) is 0.757. The van der Waals surface area contributed by atoms with E-state index in [-0.39, 0.29) is 37.1 Å². The van der Waals surface area contributed by atoms with Gasteiger partial charge in [0.15, 0.2) is 0 Å². The Hall–Kier alpha value is -0.261. The Morgan fingerprint density at radius 3 is 1.47 bits per heavy atom. The van der Waals surface area contributed by atoms with Crippen molar-refractivity contribution >= 4 is 35.8 Å². The summed E-state index contributed by atoms with van der Waals surface area (Å²) in [4.78, 5) is 21.8. The van der Waals surface area contributed by atoms with Gasteiger partial charge in [-0.15, -0.1) is 0 Å². The van der Waals surface area contributed by atoms with Gasteiger partial charge in [-0.1, -0.05) is 26.7 Å². The maximum atomic E-state index is 10.9. The van der Waals surface area contributed by atoms with E-state index in [0.29, 0.717) is 0 Å². The Kier molecular flexibility index (Phi) is 13.5. The van der Waals surface area contributed by atoms with Crippen LogP contribution in [-0.2, 0) is 19.1 Å². The van der Waals surface area contributed by atoms with Crippen molar-refractivity contribution in [2.24, 2.45) is 0 Å². The van der Waals surface area contributed by atoms with Gasteiger partial charge in [0.05, 0.1) is 13.2 Å². The molecular weight excluding hydrogens is 303 g/mol. The monoisotopic (exact) mass is 324 g/mol. The maximum absolute atomic E-state index is 10.9. The molecule has 0 aromatic heterocycles. The summed E-state index contributed by atoms with van der Waals surface area (Å²) < 4.78 is 9.32. The number of carbonyl (C=O) groups is 2. The zero-order valence-corrected chi connectivity index (χ0v) is 13.6. The van der Waals surface area contributed by atoms with Crippen LogP contribution in [0.4, 0.5) is 0 Å². The normalized spacial score (nSPS) is 8.93. The van der Waals surface area contributed by atoms with Gasteiger partial charge in [-0.25, -0.2) is 9.59 Å². The van der Waals surface area contributed by atoms with Crippen LogP contribution in [0.15, 0.2) is 0 Å². The fraction of sp³-hybridized carbons (Fsp3) is 0.800. The van der Waals surface area contributed by atoms with Gasteiger partial charge in [-0.05, 0) is 12.8 Å². The van der Waals surface area contributed by atoms with Crippen LogP contribution in [0.3, 0.4) is 0 Å². The topological polar surface area (TPSA) is 52.6 Å². The first-order valence-electron chi connectivity index (χ1n) is 5.06. The molecule has 0 amide bonds. The Balaban J connectivity index is 0. The molecule has 0 aliphatic rings. The second-order valence-corrected chi connectivity index (χ2v) is 2.98. The third-order valence-electron chi connectivity index (χ3n) is 1.63. The predicted molar refractivity (Wildman–Crippen MR) is 60.3 cm³/mol. The van der Waals surface area contributed by atoms with Crippen LogP contribution in [0.1, 0.15) is 39.5 Å². The van der Waals surface area contributed by atoms with Crippen molar-refractivity contribution in [3.63, 3.8) is 0 Å². The molecule has 15 heavy (non-hydrogen) atoms. The first-order valence-corrected chi connectivity index (χ1v) is 5.06. The van der Waals surface area contributed by atoms with Crippen molar-refractivity contribution in [1.82, 2.24) is 0 Å². The van der Waals surface area contributed by atoms with E-state index in [0.717, 1.165) is 25.7 Å².